The van der Waals surface area contributed by atoms with Gasteiger partial charge < -0.3 is 9.64 Å². The fraction of sp³-hybridized carbons (Fsp3) is 0.455. The minimum Gasteiger partial charge on any atom is -0.452 e. The molecule has 1 fully saturated rings. The van der Waals surface area contributed by atoms with Crippen molar-refractivity contribution in [3.05, 3.63) is 50.0 Å². The smallest absolute Gasteiger partial charge is 0.338 e. The standard InChI is InChI=1S/C22H27N5O6S/c1-13-6-14(2)10-26(9-13)17-5-4-16(7-18(17)27(31)32)22(30)33-11-20(29)25-24-19(28)8-21-23-15(3)12-34-21/h4-5,7,12-14H,6,8-11H2,1-3H3,(H,24,28)(H,25,29). The lowest BCUT2D eigenvalue weighted by atomic mass is 9.91. The molecular weight excluding hydrogens is 462 g/mol. The summed E-state index contributed by atoms with van der Waals surface area (Å²) in [7, 11) is 0. The fourth-order valence-corrected chi connectivity index (χ4v) is 4.75. The Hall–Kier alpha value is -3.54. The second kappa shape index (κ2) is 11.1. The number of thiazole rings is 1. The Kier molecular flexibility index (Phi) is 8.16. The third-order valence-electron chi connectivity index (χ3n) is 5.27. The van der Waals surface area contributed by atoms with Gasteiger partial charge in [-0.1, -0.05) is 13.8 Å². The minimum atomic E-state index is -0.880. The molecule has 0 saturated carbocycles. The minimum absolute atomic E-state index is 0.00314. The van der Waals surface area contributed by atoms with Gasteiger partial charge in [0.05, 0.1) is 16.9 Å². The highest BCUT2D eigenvalue weighted by atomic mass is 32.1. The quantitative estimate of drug-likeness (QED) is 0.343. The van der Waals surface area contributed by atoms with Crippen LogP contribution in [0.15, 0.2) is 23.6 Å². The van der Waals surface area contributed by atoms with Crippen LogP contribution in [-0.2, 0) is 20.7 Å². The fourth-order valence-electron chi connectivity index (χ4n) is 3.98. The first-order valence-electron chi connectivity index (χ1n) is 10.8. The number of amides is 2. The van der Waals surface area contributed by atoms with Crippen LogP contribution in [0.5, 0.6) is 0 Å². The highest BCUT2D eigenvalue weighted by Crippen LogP contribution is 2.34. The molecule has 2 amide bonds. The number of esters is 1. The number of aryl methyl sites for hydroxylation is 1. The molecule has 1 saturated heterocycles. The molecule has 2 atom stereocenters. The molecule has 0 spiro atoms. The van der Waals surface area contributed by atoms with E-state index in [-0.39, 0.29) is 17.7 Å². The summed E-state index contributed by atoms with van der Waals surface area (Å²) in [5.74, 6) is -1.30. The van der Waals surface area contributed by atoms with E-state index in [2.05, 4.69) is 29.7 Å². The SMILES string of the molecule is Cc1csc(CC(=O)NNC(=O)COC(=O)c2ccc(N3CC(C)CC(C)C3)c([N+](=O)[O-])c2)n1. The van der Waals surface area contributed by atoms with Gasteiger partial charge in [0.15, 0.2) is 6.61 Å². The molecule has 0 aliphatic carbocycles. The third-order valence-corrected chi connectivity index (χ3v) is 6.24. The topological polar surface area (TPSA) is 144 Å². The molecule has 11 nitrogen and oxygen atoms in total. The van der Waals surface area contributed by atoms with E-state index >= 15 is 0 Å². The first-order chi connectivity index (χ1) is 16.1. The number of benzene rings is 1. The van der Waals surface area contributed by atoms with Gasteiger partial charge in [-0.15, -0.1) is 11.3 Å². The Bertz CT molecular complexity index is 1080. The van der Waals surface area contributed by atoms with E-state index in [1.807, 2.05) is 17.2 Å². The molecule has 1 aromatic heterocycles. The molecule has 12 heteroatoms. The monoisotopic (exact) mass is 489 g/mol. The van der Waals surface area contributed by atoms with E-state index in [4.69, 9.17) is 4.74 Å². The van der Waals surface area contributed by atoms with Gasteiger partial charge in [0.1, 0.15) is 10.7 Å². The van der Waals surface area contributed by atoms with Crippen molar-refractivity contribution in [3.8, 4) is 0 Å². The molecule has 2 unspecified atom stereocenters. The maximum absolute atomic E-state index is 12.4. The molecule has 1 aliphatic heterocycles. The van der Waals surface area contributed by atoms with Crippen LogP contribution >= 0.6 is 11.3 Å². The van der Waals surface area contributed by atoms with Crippen LogP contribution in [0.25, 0.3) is 0 Å². The van der Waals surface area contributed by atoms with Crippen molar-refractivity contribution in [2.45, 2.75) is 33.6 Å². The summed E-state index contributed by atoms with van der Waals surface area (Å²) in [6.45, 7) is 6.75. The lowest BCUT2D eigenvalue weighted by Crippen LogP contribution is -2.44. The van der Waals surface area contributed by atoms with Gasteiger partial charge in [0, 0.05) is 30.2 Å². The zero-order valence-electron chi connectivity index (χ0n) is 19.2. The van der Waals surface area contributed by atoms with E-state index in [0.29, 0.717) is 35.6 Å². The van der Waals surface area contributed by atoms with E-state index in [1.165, 1.54) is 17.4 Å². The second-order valence-corrected chi connectivity index (χ2v) is 9.49. The number of nitrogens with one attached hydrogen (secondary N) is 2. The molecule has 1 aliphatic rings. The molecule has 0 radical (unpaired) electrons. The van der Waals surface area contributed by atoms with Gasteiger partial charge in [-0.25, -0.2) is 9.78 Å². The number of aromatic nitrogens is 1. The van der Waals surface area contributed by atoms with Crippen LogP contribution in [0.2, 0.25) is 0 Å². The van der Waals surface area contributed by atoms with Crippen LogP contribution in [0, 0.1) is 28.9 Å². The number of carbonyl (C=O) groups is 3. The second-order valence-electron chi connectivity index (χ2n) is 8.54. The summed E-state index contributed by atoms with van der Waals surface area (Å²) in [6.07, 6.45) is 1.06. The van der Waals surface area contributed by atoms with Gasteiger partial charge in [-0.3, -0.25) is 30.6 Å². The Morgan fingerprint density at radius 3 is 2.50 bits per heavy atom. The molecule has 1 aromatic carbocycles. The number of hydrazine groups is 1. The van der Waals surface area contributed by atoms with Crippen molar-refractivity contribution < 1.29 is 24.0 Å². The zero-order chi connectivity index (χ0) is 24.8. The zero-order valence-corrected chi connectivity index (χ0v) is 20.0. The number of hydrogen-bond donors (Lipinski definition) is 2. The van der Waals surface area contributed by atoms with Crippen LogP contribution in [0.4, 0.5) is 11.4 Å². The Morgan fingerprint density at radius 1 is 1.21 bits per heavy atom. The van der Waals surface area contributed by atoms with E-state index in [9.17, 15) is 24.5 Å². The van der Waals surface area contributed by atoms with Gasteiger partial charge in [0.2, 0.25) is 5.91 Å². The predicted octanol–water partition coefficient (Wildman–Crippen LogP) is 2.39. The number of nitro benzene ring substituents is 1. The predicted molar refractivity (Wildman–Crippen MR) is 125 cm³/mol. The van der Waals surface area contributed by atoms with Gasteiger partial charge in [-0.2, -0.15) is 0 Å². The van der Waals surface area contributed by atoms with Crippen molar-refractivity contribution in [1.82, 2.24) is 15.8 Å². The van der Waals surface area contributed by atoms with Crippen molar-refractivity contribution in [2.75, 3.05) is 24.6 Å². The van der Waals surface area contributed by atoms with Crippen molar-refractivity contribution in [3.63, 3.8) is 0 Å². The summed E-state index contributed by atoms with van der Waals surface area (Å²) in [6, 6.07) is 4.15. The summed E-state index contributed by atoms with van der Waals surface area (Å²) < 4.78 is 4.95. The molecular formula is C22H27N5O6S. The molecule has 3 rings (SSSR count). The summed E-state index contributed by atoms with van der Waals surface area (Å²) >= 11 is 1.33. The first-order valence-corrected chi connectivity index (χ1v) is 11.7. The average molecular weight is 490 g/mol. The lowest BCUT2D eigenvalue weighted by Gasteiger charge is -2.36. The number of rotatable bonds is 7. The van der Waals surface area contributed by atoms with Crippen LogP contribution in [-0.4, -0.2) is 47.4 Å². The van der Waals surface area contributed by atoms with Crippen molar-refractivity contribution in [2.24, 2.45) is 11.8 Å². The molecule has 2 N–H and O–H groups in total. The van der Waals surface area contributed by atoms with E-state index < -0.39 is 29.3 Å². The third kappa shape index (κ3) is 6.73. The van der Waals surface area contributed by atoms with E-state index in [0.717, 1.165) is 18.2 Å². The molecule has 182 valence electrons. The Morgan fingerprint density at radius 2 is 1.88 bits per heavy atom. The maximum Gasteiger partial charge on any atom is 0.338 e. The molecule has 34 heavy (non-hydrogen) atoms. The molecule has 2 aromatic rings. The normalized spacial score (nSPS) is 17.7. The highest BCUT2D eigenvalue weighted by Gasteiger charge is 2.28. The number of nitro groups is 1. The van der Waals surface area contributed by atoms with Crippen molar-refractivity contribution >= 4 is 40.5 Å². The average Bonchev–Trinajstić information content (AvgIpc) is 3.19. The largest absolute Gasteiger partial charge is 0.452 e. The van der Waals surface area contributed by atoms with Crippen LogP contribution in [0.1, 0.15) is 41.3 Å². The lowest BCUT2D eigenvalue weighted by molar-refractivity contribution is -0.384. The molecule has 2 heterocycles. The van der Waals surface area contributed by atoms with Crippen LogP contribution in [0.3, 0.4) is 0 Å². The number of anilines is 1. The summed E-state index contributed by atoms with van der Waals surface area (Å²) in [5, 5.41) is 14.1. The van der Waals surface area contributed by atoms with Gasteiger partial charge >= 0.3 is 5.97 Å². The number of carbonyl (C=O) groups excluding carboxylic acids is 3. The van der Waals surface area contributed by atoms with E-state index in [1.54, 1.807) is 6.07 Å². The number of hydrogen-bond acceptors (Lipinski definition) is 9. The Labute approximate surface area is 200 Å². The van der Waals surface area contributed by atoms with Crippen LogP contribution < -0.4 is 15.8 Å². The first kappa shape index (κ1) is 25.1. The number of ether oxygens (including phenoxy) is 1. The maximum atomic E-state index is 12.4. The van der Waals surface area contributed by atoms with Crippen molar-refractivity contribution in [1.29, 1.82) is 0 Å². The summed E-state index contributed by atoms with van der Waals surface area (Å²) in [5.41, 5.74) is 5.40. The summed E-state index contributed by atoms with van der Waals surface area (Å²) in [4.78, 5) is 53.4. The molecule has 0 bridgehead atoms. The van der Waals surface area contributed by atoms with Gasteiger partial charge in [0.25, 0.3) is 11.6 Å². The van der Waals surface area contributed by atoms with Gasteiger partial charge in [-0.05, 0) is 37.3 Å². The number of nitrogens with zero attached hydrogens (tertiary/aromatic N) is 3. The highest BCUT2D eigenvalue weighted by molar-refractivity contribution is 7.09. The Balaban J connectivity index is 1.54. The number of piperidine rings is 1.